The monoisotopic (exact) mass is 313 g/mol. The van der Waals surface area contributed by atoms with Crippen molar-refractivity contribution in [2.45, 2.75) is 11.8 Å². The Balaban J connectivity index is 1.89. The molecule has 0 N–H and O–H groups in total. The predicted molar refractivity (Wildman–Crippen MR) is 79.1 cm³/mol. The Morgan fingerprint density at radius 2 is 2.04 bits per heavy atom. The van der Waals surface area contributed by atoms with E-state index in [1.807, 2.05) is 6.07 Å². The number of hydrogen-bond donors (Lipinski definition) is 0. The lowest BCUT2D eigenvalue weighted by Crippen LogP contribution is -2.34. The maximum atomic E-state index is 12.6. The van der Waals surface area contributed by atoms with Gasteiger partial charge in [0, 0.05) is 29.3 Å². The molecule has 1 spiro atoms. The molecular weight excluding hydrogens is 298 g/mol. The van der Waals surface area contributed by atoms with E-state index in [1.165, 1.54) is 25.2 Å². The number of esters is 1. The summed E-state index contributed by atoms with van der Waals surface area (Å²) in [5.74, 6) is -0.542. The number of benzene rings is 1. The molecule has 2 fully saturated rings. The van der Waals surface area contributed by atoms with Crippen LogP contribution in [-0.2, 0) is 14.9 Å². The zero-order chi connectivity index (χ0) is 16.4. The Labute approximate surface area is 132 Å². The molecule has 1 aromatic carbocycles. The van der Waals surface area contributed by atoms with E-state index >= 15 is 0 Å². The summed E-state index contributed by atoms with van der Waals surface area (Å²) < 4.78 is 9.60. The molecule has 1 heterocycles. The van der Waals surface area contributed by atoms with Crippen LogP contribution < -0.4 is 0 Å². The first-order valence-electron chi connectivity index (χ1n) is 7.38. The highest BCUT2D eigenvalue weighted by Gasteiger charge is 2.67. The standard InChI is InChI=1S/C17H15NO5/c1-22-15(20)10-4-3-5-11-14(10)12(19)6-13-17(11)7-9(17)8-18(13)16(21)23-2/h3-6,9H,7-8H2,1-2H3/t9-,17-/m1/s1. The van der Waals surface area contributed by atoms with Gasteiger partial charge in [0.1, 0.15) is 0 Å². The van der Waals surface area contributed by atoms with Crippen molar-refractivity contribution in [1.29, 1.82) is 0 Å². The molecule has 1 aromatic rings. The van der Waals surface area contributed by atoms with E-state index in [0.29, 0.717) is 17.8 Å². The van der Waals surface area contributed by atoms with Gasteiger partial charge in [-0.1, -0.05) is 12.1 Å². The quantitative estimate of drug-likeness (QED) is 0.740. The van der Waals surface area contributed by atoms with Crippen molar-refractivity contribution < 1.29 is 23.9 Å². The molecule has 118 valence electrons. The Kier molecular flexibility index (Phi) is 2.70. The first-order chi connectivity index (χ1) is 11.0. The Morgan fingerprint density at radius 1 is 1.26 bits per heavy atom. The predicted octanol–water partition coefficient (Wildman–Crippen LogP) is 1.89. The molecule has 23 heavy (non-hydrogen) atoms. The first kappa shape index (κ1) is 14.0. The van der Waals surface area contributed by atoms with Gasteiger partial charge in [0.15, 0.2) is 5.78 Å². The number of carbonyl (C=O) groups excluding carboxylic acids is 3. The summed E-state index contributed by atoms with van der Waals surface area (Å²) in [5.41, 5.74) is 1.84. The second kappa shape index (κ2) is 4.44. The van der Waals surface area contributed by atoms with Gasteiger partial charge in [0.25, 0.3) is 0 Å². The molecule has 1 aliphatic heterocycles. The molecule has 0 unspecified atom stereocenters. The van der Waals surface area contributed by atoms with Gasteiger partial charge in [-0.25, -0.2) is 9.59 Å². The number of nitrogens with zero attached hydrogens (tertiary/aromatic N) is 1. The number of likely N-dealkylation sites (tertiary alicyclic amines) is 1. The molecule has 1 amide bonds. The number of hydrogen-bond acceptors (Lipinski definition) is 5. The molecule has 0 aromatic heterocycles. The fourth-order valence-corrected chi connectivity index (χ4v) is 4.05. The van der Waals surface area contributed by atoms with Crippen molar-refractivity contribution in [1.82, 2.24) is 4.90 Å². The summed E-state index contributed by atoms with van der Waals surface area (Å²) in [5, 5.41) is 0. The van der Waals surface area contributed by atoms with Crippen molar-refractivity contribution in [2.24, 2.45) is 5.92 Å². The zero-order valence-electron chi connectivity index (χ0n) is 12.8. The highest BCUT2D eigenvalue weighted by molar-refractivity contribution is 6.15. The Morgan fingerprint density at radius 3 is 2.74 bits per heavy atom. The van der Waals surface area contributed by atoms with Crippen LogP contribution in [0.4, 0.5) is 4.79 Å². The number of fused-ring (bicyclic) bond motifs is 1. The van der Waals surface area contributed by atoms with E-state index in [0.717, 1.165) is 12.0 Å². The Hall–Kier alpha value is -2.63. The highest BCUT2D eigenvalue weighted by Crippen LogP contribution is 2.66. The van der Waals surface area contributed by atoms with Crippen LogP contribution in [0.25, 0.3) is 0 Å². The van der Waals surface area contributed by atoms with Crippen LogP contribution >= 0.6 is 0 Å². The molecule has 2 atom stereocenters. The van der Waals surface area contributed by atoms with Crippen molar-refractivity contribution in [2.75, 3.05) is 20.8 Å². The fraction of sp³-hybridized carbons (Fsp3) is 0.353. The number of carbonyl (C=O) groups is 3. The van der Waals surface area contributed by atoms with Crippen LogP contribution in [-0.4, -0.2) is 43.5 Å². The van der Waals surface area contributed by atoms with Crippen molar-refractivity contribution in [3.05, 3.63) is 46.7 Å². The minimum absolute atomic E-state index is 0.257. The maximum absolute atomic E-state index is 12.6. The van der Waals surface area contributed by atoms with Crippen LogP contribution in [0.15, 0.2) is 30.0 Å². The van der Waals surface area contributed by atoms with Gasteiger partial charge in [0.2, 0.25) is 0 Å². The van der Waals surface area contributed by atoms with Gasteiger partial charge in [0.05, 0.1) is 19.8 Å². The van der Waals surface area contributed by atoms with Crippen LogP contribution in [0, 0.1) is 5.92 Å². The number of piperidine rings is 1. The van der Waals surface area contributed by atoms with Crippen molar-refractivity contribution in [3.8, 4) is 0 Å². The van der Waals surface area contributed by atoms with Gasteiger partial charge in [-0.3, -0.25) is 9.69 Å². The second-order valence-corrected chi connectivity index (χ2v) is 6.07. The topological polar surface area (TPSA) is 72.9 Å². The summed E-state index contributed by atoms with van der Waals surface area (Å²) in [7, 11) is 2.62. The van der Waals surface area contributed by atoms with Crippen molar-refractivity contribution >= 4 is 17.8 Å². The number of ether oxygens (including phenoxy) is 2. The van der Waals surface area contributed by atoms with Gasteiger partial charge < -0.3 is 9.47 Å². The maximum Gasteiger partial charge on any atom is 0.413 e. The number of methoxy groups -OCH3 is 2. The lowest BCUT2D eigenvalue weighted by atomic mass is 9.79. The summed E-state index contributed by atoms with van der Waals surface area (Å²) in [6.45, 7) is 0.535. The average Bonchev–Trinajstić information content (AvgIpc) is 3.20. The van der Waals surface area contributed by atoms with Crippen LogP contribution in [0.5, 0.6) is 0 Å². The van der Waals surface area contributed by atoms with Gasteiger partial charge in [-0.15, -0.1) is 0 Å². The van der Waals surface area contributed by atoms with Gasteiger partial charge in [-0.2, -0.15) is 0 Å². The van der Waals surface area contributed by atoms with Crippen LogP contribution in [0.1, 0.15) is 32.7 Å². The molecule has 0 bridgehead atoms. The number of amides is 1. The molecule has 1 saturated heterocycles. The fourth-order valence-electron chi connectivity index (χ4n) is 4.05. The van der Waals surface area contributed by atoms with E-state index in [2.05, 4.69) is 0 Å². The van der Waals surface area contributed by atoms with Crippen molar-refractivity contribution in [3.63, 3.8) is 0 Å². The molecule has 6 nitrogen and oxygen atoms in total. The summed E-state index contributed by atoms with van der Waals surface area (Å²) in [6.07, 6.45) is 1.89. The number of allylic oxidation sites excluding steroid dienone is 2. The summed E-state index contributed by atoms with van der Waals surface area (Å²) in [4.78, 5) is 38.1. The summed E-state index contributed by atoms with van der Waals surface area (Å²) in [6, 6.07) is 5.22. The van der Waals surface area contributed by atoms with E-state index in [4.69, 9.17) is 9.47 Å². The van der Waals surface area contributed by atoms with Gasteiger partial charge in [-0.05, 0) is 24.0 Å². The van der Waals surface area contributed by atoms with Crippen LogP contribution in [0.3, 0.4) is 0 Å². The summed E-state index contributed by atoms with van der Waals surface area (Å²) >= 11 is 0. The van der Waals surface area contributed by atoms with E-state index in [-0.39, 0.29) is 22.7 Å². The normalized spacial score (nSPS) is 26.7. The SMILES string of the molecule is COC(=O)c1cccc2c1C(=O)C=C1N(C(=O)OC)C[C@H]3C[C@]123. The zero-order valence-corrected chi connectivity index (χ0v) is 12.8. The van der Waals surface area contributed by atoms with E-state index in [9.17, 15) is 14.4 Å². The van der Waals surface area contributed by atoms with Crippen LogP contribution in [0.2, 0.25) is 0 Å². The van der Waals surface area contributed by atoms with E-state index in [1.54, 1.807) is 12.1 Å². The third-order valence-corrected chi connectivity index (χ3v) is 5.12. The number of ketones is 1. The minimum Gasteiger partial charge on any atom is -0.465 e. The third-order valence-electron chi connectivity index (χ3n) is 5.12. The largest absolute Gasteiger partial charge is 0.465 e. The average molecular weight is 313 g/mol. The lowest BCUT2D eigenvalue weighted by Gasteiger charge is -2.29. The highest BCUT2D eigenvalue weighted by atomic mass is 16.5. The third kappa shape index (κ3) is 1.60. The molecule has 0 radical (unpaired) electrons. The van der Waals surface area contributed by atoms with E-state index < -0.39 is 12.1 Å². The Bertz CT molecular complexity index is 796. The molecular formula is C17H15NO5. The molecule has 4 rings (SSSR count). The minimum atomic E-state index is -0.525. The smallest absolute Gasteiger partial charge is 0.413 e. The molecule has 1 saturated carbocycles. The first-order valence-corrected chi connectivity index (χ1v) is 7.38. The molecule has 6 heteroatoms. The van der Waals surface area contributed by atoms with Gasteiger partial charge >= 0.3 is 12.1 Å². The number of rotatable bonds is 1. The molecule has 2 aliphatic carbocycles. The lowest BCUT2D eigenvalue weighted by molar-refractivity contribution is 0.0597. The molecule has 3 aliphatic rings. The second-order valence-electron chi connectivity index (χ2n) is 6.07.